The van der Waals surface area contributed by atoms with E-state index in [2.05, 4.69) is 20.5 Å². The van der Waals surface area contributed by atoms with Crippen molar-refractivity contribution in [2.45, 2.75) is 0 Å². The molecule has 86 valence electrons. The molecule has 1 heterocycles. The van der Waals surface area contributed by atoms with Crippen molar-refractivity contribution in [3.63, 3.8) is 0 Å². The largest absolute Gasteiger partial charge is 0.396 e. The summed E-state index contributed by atoms with van der Waals surface area (Å²) in [6.07, 6.45) is 2.74. The van der Waals surface area contributed by atoms with E-state index < -0.39 is 11.7 Å². The smallest absolute Gasteiger partial charge is 0.260 e. The first-order valence-corrected chi connectivity index (χ1v) is 4.67. The fourth-order valence-corrected chi connectivity index (χ4v) is 1.21. The molecule has 17 heavy (non-hydrogen) atoms. The predicted octanol–water partition coefficient (Wildman–Crippen LogP) is 0.845. The SMILES string of the molecule is Nc1c(F)cccc1C(=O)Nc1nccnn1. The maximum absolute atomic E-state index is 13.1. The van der Waals surface area contributed by atoms with Gasteiger partial charge in [-0.05, 0) is 12.1 Å². The summed E-state index contributed by atoms with van der Waals surface area (Å²) in [7, 11) is 0. The van der Waals surface area contributed by atoms with E-state index in [4.69, 9.17) is 5.73 Å². The lowest BCUT2D eigenvalue weighted by Crippen LogP contribution is -2.16. The molecule has 0 saturated heterocycles. The molecule has 0 unspecified atom stereocenters. The van der Waals surface area contributed by atoms with Gasteiger partial charge in [0, 0.05) is 0 Å². The minimum absolute atomic E-state index is 0.0254. The molecule has 0 atom stereocenters. The van der Waals surface area contributed by atoms with E-state index in [-0.39, 0.29) is 17.2 Å². The number of carbonyl (C=O) groups excluding carboxylic acids is 1. The Balaban J connectivity index is 2.24. The Hall–Kier alpha value is -2.57. The first-order chi connectivity index (χ1) is 8.18. The van der Waals surface area contributed by atoms with Crippen molar-refractivity contribution in [3.05, 3.63) is 42.0 Å². The van der Waals surface area contributed by atoms with Gasteiger partial charge in [-0.3, -0.25) is 10.1 Å². The number of hydrogen-bond acceptors (Lipinski definition) is 5. The molecule has 0 aliphatic rings. The molecule has 3 N–H and O–H groups in total. The summed E-state index contributed by atoms with van der Waals surface area (Å²) in [5.74, 6) is -1.21. The quantitative estimate of drug-likeness (QED) is 0.750. The number of benzene rings is 1. The highest BCUT2D eigenvalue weighted by Gasteiger charge is 2.13. The van der Waals surface area contributed by atoms with Crippen LogP contribution in [0.1, 0.15) is 10.4 Å². The third-order valence-corrected chi connectivity index (χ3v) is 2.01. The molecular formula is C10H8FN5O. The van der Waals surface area contributed by atoms with Crippen molar-refractivity contribution >= 4 is 17.5 Å². The van der Waals surface area contributed by atoms with Crippen molar-refractivity contribution in [3.8, 4) is 0 Å². The van der Waals surface area contributed by atoms with Crippen molar-refractivity contribution in [1.29, 1.82) is 0 Å². The van der Waals surface area contributed by atoms with Gasteiger partial charge in [0.25, 0.3) is 5.91 Å². The molecule has 0 bridgehead atoms. The number of aromatic nitrogens is 3. The zero-order valence-electron chi connectivity index (χ0n) is 8.59. The highest BCUT2D eigenvalue weighted by molar-refractivity contribution is 6.06. The summed E-state index contributed by atoms with van der Waals surface area (Å²) in [6.45, 7) is 0. The van der Waals surface area contributed by atoms with Crippen LogP contribution >= 0.6 is 0 Å². The summed E-state index contributed by atoms with van der Waals surface area (Å²) in [6, 6.07) is 3.97. The number of amides is 1. The van der Waals surface area contributed by atoms with Crippen molar-refractivity contribution in [1.82, 2.24) is 15.2 Å². The van der Waals surface area contributed by atoms with Gasteiger partial charge in [-0.1, -0.05) is 6.07 Å². The van der Waals surface area contributed by atoms with Gasteiger partial charge in [0.2, 0.25) is 5.95 Å². The number of carbonyl (C=O) groups is 1. The maximum atomic E-state index is 13.1. The fraction of sp³-hybridized carbons (Fsp3) is 0. The Bertz CT molecular complexity index is 546. The van der Waals surface area contributed by atoms with Crippen LogP contribution in [0.25, 0.3) is 0 Å². The molecule has 1 amide bonds. The van der Waals surface area contributed by atoms with Crippen LogP contribution in [0.5, 0.6) is 0 Å². The molecule has 0 aliphatic carbocycles. The number of nitrogens with two attached hydrogens (primary N) is 1. The van der Waals surface area contributed by atoms with Crippen LogP contribution in [0, 0.1) is 5.82 Å². The monoisotopic (exact) mass is 233 g/mol. The lowest BCUT2D eigenvalue weighted by atomic mass is 10.1. The van der Waals surface area contributed by atoms with Crippen molar-refractivity contribution in [2.24, 2.45) is 0 Å². The number of nitrogens with one attached hydrogen (secondary N) is 1. The summed E-state index contributed by atoms with van der Waals surface area (Å²) in [5, 5.41) is 9.46. The lowest BCUT2D eigenvalue weighted by molar-refractivity contribution is 0.102. The molecule has 0 radical (unpaired) electrons. The summed E-state index contributed by atoms with van der Waals surface area (Å²) in [4.78, 5) is 15.5. The minimum Gasteiger partial charge on any atom is -0.396 e. The average Bonchev–Trinajstić information content (AvgIpc) is 2.34. The van der Waals surface area contributed by atoms with Gasteiger partial charge in [0.15, 0.2) is 0 Å². The van der Waals surface area contributed by atoms with E-state index in [0.29, 0.717) is 0 Å². The molecular weight excluding hydrogens is 225 g/mol. The normalized spacial score (nSPS) is 9.94. The van der Waals surface area contributed by atoms with Gasteiger partial charge in [-0.15, -0.1) is 5.10 Å². The summed E-state index contributed by atoms with van der Waals surface area (Å²) < 4.78 is 13.1. The van der Waals surface area contributed by atoms with Crippen LogP contribution in [0.4, 0.5) is 16.0 Å². The highest BCUT2D eigenvalue weighted by atomic mass is 19.1. The van der Waals surface area contributed by atoms with E-state index >= 15 is 0 Å². The van der Waals surface area contributed by atoms with Crippen LogP contribution in [-0.2, 0) is 0 Å². The first-order valence-electron chi connectivity index (χ1n) is 4.67. The molecule has 1 aromatic heterocycles. The molecule has 2 rings (SSSR count). The predicted molar refractivity (Wildman–Crippen MR) is 58.6 cm³/mol. The lowest BCUT2D eigenvalue weighted by Gasteiger charge is -2.05. The van der Waals surface area contributed by atoms with Crippen LogP contribution in [0.3, 0.4) is 0 Å². The third kappa shape index (κ3) is 2.33. The average molecular weight is 233 g/mol. The second-order valence-electron chi connectivity index (χ2n) is 3.12. The van der Waals surface area contributed by atoms with Crippen molar-refractivity contribution < 1.29 is 9.18 Å². The molecule has 0 aliphatic heterocycles. The van der Waals surface area contributed by atoms with Gasteiger partial charge < -0.3 is 5.73 Å². The molecule has 6 nitrogen and oxygen atoms in total. The Labute approximate surface area is 95.7 Å². The highest BCUT2D eigenvalue weighted by Crippen LogP contribution is 2.16. The number of anilines is 2. The van der Waals surface area contributed by atoms with Gasteiger partial charge >= 0.3 is 0 Å². The van der Waals surface area contributed by atoms with Gasteiger partial charge in [0.1, 0.15) is 5.82 Å². The Kier molecular flexibility index (Phi) is 2.91. The van der Waals surface area contributed by atoms with Gasteiger partial charge in [-0.2, -0.15) is 5.10 Å². The van der Waals surface area contributed by atoms with Crippen LogP contribution in [-0.4, -0.2) is 21.1 Å². The van der Waals surface area contributed by atoms with E-state index in [1.807, 2.05) is 0 Å². The maximum Gasteiger partial charge on any atom is 0.260 e. The zero-order valence-corrected chi connectivity index (χ0v) is 8.59. The number of nitrogens with zero attached hydrogens (tertiary/aromatic N) is 3. The molecule has 0 saturated carbocycles. The van der Waals surface area contributed by atoms with Crippen LogP contribution < -0.4 is 11.1 Å². The number of halogens is 1. The topological polar surface area (TPSA) is 93.8 Å². The minimum atomic E-state index is -0.648. The van der Waals surface area contributed by atoms with Gasteiger partial charge in [-0.25, -0.2) is 9.37 Å². The van der Waals surface area contributed by atoms with Crippen LogP contribution in [0.15, 0.2) is 30.6 Å². The number of para-hydroxylation sites is 1. The molecule has 7 heteroatoms. The summed E-state index contributed by atoms with van der Waals surface area (Å²) in [5.41, 5.74) is 5.26. The molecule has 0 spiro atoms. The van der Waals surface area contributed by atoms with E-state index in [0.717, 1.165) is 0 Å². The van der Waals surface area contributed by atoms with E-state index in [1.54, 1.807) is 0 Å². The second kappa shape index (κ2) is 4.52. The second-order valence-corrected chi connectivity index (χ2v) is 3.12. The fourth-order valence-electron chi connectivity index (χ4n) is 1.21. The zero-order chi connectivity index (χ0) is 12.3. The molecule has 2 aromatic rings. The number of hydrogen-bond donors (Lipinski definition) is 2. The Morgan fingerprint density at radius 2 is 2.18 bits per heavy atom. The number of nitrogen functional groups attached to an aromatic ring is 1. The molecule has 0 fully saturated rings. The number of rotatable bonds is 2. The summed E-state index contributed by atoms with van der Waals surface area (Å²) >= 11 is 0. The van der Waals surface area contributed by atoms with Crippen LogP contribution in [0.2, 0.25) is 0 Å². The van der Waals surface area contributed by atoms with E-state index in [1.165, 1.54) is 30.6 Å². The first kappa shape index (κ1) is 10.9. The Morgan fingerprint density at radius 1 is 1.35 bits per heavy atom. The third-order valence-electron chi connectivity index (χ3n) is 2.01. The molecule has 1 aromatic carbocycles. The Morgan fingerprint density at radius 3 is 2.88 bits per heavy atom. The standard InChI is InChI=1S/C10H8FN5O/c11-7-3-1-2-6(8(7)12)9(17)15-10-13-4-5-14-16-10/h1-5H,12H2,(H,13,15,16,17). The van der Waals surface area contributed by atoms with Crippen molar-refractivity contribution in [2.75, 3.05) is 11.1 Å². The van der Waals surface area contributed by atoms with E-state index in [9.17, 15) is 9.18 Å². The van der Waals surface area contributed by atoms with Gasteiger partial charge in [0.05, 0.1) is 23.6 Å².